The van der Waals surface area contributed by atoms with Crippen LogP contribution in [0, 0.1) is 16.7 Å². The summed E-state index contributed by atoms with van der Waals surface area (Å²) in [6.07, 6.45) is 5.44. The summed E-state index contributed by atoms with van der Waals surface area (Å²) >= 11 is 0. The van der Waals surface area contributed by atoms with Gasteiger partial charge in [0.1, 0.15) is 0 Å². The van der Waals surface area contributed by atoms with Crippen LogP contribution in [-0.2, 0) is 33.4 Å². The van der Waals surface area contributed by atoms with Gasteiger partial charge >= 0.3 is 5.97 Å². The highest BCUT2D eigenvalue weighted by Crippen LogP contribution is 2.36. The summed E-state index contributed by atoms with van der Waals surface area (Å²) in [5.41, 5.74) is -0.245. The first kappa shape index (κ1) is 24.6. The lowest BCUT2D eigenvalue weighted by molar-refractivity contribution is -0.157. The highest BCUT2D eigenvalue weighted by Gasteiger charge is 2.42. The van der Waals surface area contributed by atoms with E-state index < -0.39 is 23.5 Å². The standard InChI is InChI=1S/C13H18O5.C9H14O2/c1-5-18-12(16)11(15)8-6-13(2,3)7-9(17-4)10(8)14;1-9(2)5-4-7(10)8(6-9)11-3/h7-8H,5-6H2,1-4H3;6H,4-5H2,1-3H3. The molecule has 0 N–H and O–H groups in total. The number of methoxy groups -OCH3 is 2. The fraction of sp³-hybridized carbons (Fsp3) is 0.636. The molecule has 0 saturated carbocycles. The molecule has 7 nitrogen and oxygen atoms in total. The molecule has 29 heavy (non-hydrogen) atoms. The molecular weight excluding hydrogens is 376 g/mol. The lowest BCUT2D eigenvalue weighted by Gasteiger charge is -2.30. The Hall–Kier alpha value is -2.44. The summed E-state index contributed by atoms with van der Waals surface area (Å²) < 4.78 is 14.6. The highest BCUT2D eigenvalue weighted by molar-refractivity contribution is 6.39. The minimum absolute atomic E-state index is 0.113. The van der Waals surface area contributed by atoms with Crippen LogP contribution in [0.3, 0.4) is 0 Å². The number of ether oxygens (including phenoxy) is 3. The van der Waals surface area contributed by atoms with Crippen molar-refractivity contribution in [3.8, 4) is 0 Å². The molecule has 0 spiro atoms. The van der Waals surface area contributed by atoms with Crippen molar-refractivity contribution in [1.29, 1.82) is 0 Å². The first-order chi connectivity index (χ1) is 13.4. The van der Waals surface area contributed by atoms with Crippen molar-refractivity contribution in [3.05, 3.63) is 23.7 Å². The summed E-state index contributed by atoms with van der Waals surface area (Å²) in [5, 5.41) is 0. The van der Waals surface area contributed by atoms with Crippen molar-refractivity contribution in [2.75, 3.05) is 20.8 Å². The molecule has 0 aliphatic heterocycles. The summed E-state index contributed by atoms with van der Waals surface area (Å²) in [7, 11) is 2.92. The van der Waals surface area contributed by atoms with Crippen molar-refractivity contribution < 1.29 is 33.4 Å². The molecule has 2 aliphatic carbocycles. The van der Waals surface area contributed by atoms with Gasteiger partial charge in [-0.1, -0.05) is 27.7 Å². The van der Waals surface area contributed by atoms with Crippen molar-refractivity contribution in [1.82, 2.24) is 0 Å². The van der Waals surface area contributed by atoms with Crippen molar-refractivity contribution in [3.63, 3.8) is 0 Å². The Morgan fingerprint density at radius 3 is 2.03 bits per heavy atom. The maximum absolute atomic E-state index is 12.0. The highest BCUT2D eigenvalue weighted by atomic mass is 16.5. The number of carbonyl (C=O) groups is 4. The third kappa shape index (κ3) is 6.84. The molecule has 0 bridgehead atoms. The minimum atomic E-state index is -1.00. The lowest BCUT2D eigenvalue weighted by atomic mass is 9.74. The van der Waals surface area contributed by atoms with Gasteiger partial charge < -0.3 is 14.2 Å². The van der Waals surface area contributed by atoms with E-state index in [2.05, 4.69) is 18.6 Å². The van der Waals surface area contributed by atoms with Crippen molar-refractivity contribution >= 4 is 23.3 Å². The van der Waals surface area contributed by atoms with Gasteiger partial charge in [0.05, 0.1) is 26.7 Å². The summed E-state index contributed by atoms with van der Waals surface area (Å²) in [5.74, 6) is -2.41. The predicted octanol–water partition coefficient (Wildman–Crippen LogP) is 3.17. The number of rotatable bonds is 5. The second-order valence-electron chi connectivity index (χ2n) is 8.53. The van der Waals surface area contributed by atoms with Crippen LogP contribution in [0.1, 0.15) is 53.9 Å². The Morgan fingerprint density at radius 1 is 1.00 bits per heavy atom. The van der Waals surface area contributed by atoms with E-state index in [0.29, 0.717) is 12.2 Å². The van der Waals surface area contributed by atoms with E-state index in [-0.39, 0.29) is 35.4 Å². The second kappa shape index (κ2) is 9.85. The molecule has 1 unspecified atom stereocenters. The Labute approximate surface area is 172 Å². The van der Waals surface area contributed by atoms with E-state index in [0.717, 1.165) is 6.42 Å². The van der Waals surface area contributed by atoms with Crippen LogP contribution in [0.25, 0.3) is 0 Å². The average molecular weight is 408 g/mol. The van der Waals surface area contributed by atoms with Gasteiger partial charge in [0.15, 0.2) is 17.3 Å². The molecule has 0 aromatic carbocycles. The van der Waals surface area contributed by atoms with E-state index in [1.807, 2.05) is 19.9 Å². The van der Waals surface area contributed by atoms with Crippen LogP contribution in [0.15, 0.2) is 23.7 Å². The maximum Gasteiger partial charge on any atom is 0.375 e. The molecule has 0 aromatic heterocycles. The zero-order chi connectivity index (χ0) is 22.4. The van der Waals surface area contributed by atoms with Crippen LogP contribution in [0.2, 0.25) is 0 Å². The molecule has 7 heteroatoms. The fourth-order valence-corrected chi connectivity index (χ4v) is 3.23. The topological polar surface area (TPSA) is 96.0 Å². The SMILES string of the molecule is CCOC(=O)C(=O)C1CC(C)(C)C=C(OC)C1=O.COC1=CC(C)(C)CCC1=O. The van der Waals surface area contributed by atoms with Crippen molar-refractivity contribution in [2.45, 2.75) is 53.9 Å². The van der Waals surface area contributed by atoms with Crippen LogP contribution < -0.4 is 0 Å². The largest absolute Gasteiger partial charge is 0.493 e. The molecule has 0 radical (unpaired) electrons. The number of hydrogen-bond acceptors (Lipinski definition) is 7. The van der Waals surface area contributed by atoms with Crippen molar-refractivity contribution in [2.24, 2.45) is 16.7 Å². The van der Waals surface area contributed by atoms with E-state index >= 15 is 0 Å². The molecule has 0 amide bonds. The first-order valence-corrected chi connectivity index (χ1v) is 9.69. The lowest BCUT2D eigenvalue weighted by Crippen LogP contribution is -2.38. The zero-order valence-corrected chi connectivity index (χ0v) is 18.4. The Morgan fingerprint density at radius 2 is 1.55 bits per heavy atom. The molecule has 2 rings (SSSR count). The minimum Gasteiger partial charge on any atom is -0.493 e. The smallest absolute Gasteiger partial charge is 0.375 e. The summed E-state index contributed by atoms with van der Waals surface area (Å²) in [6.45, 7) is 9.70. The van der Waals surface area contributed by atoms with Crippen LogP contribution in [-0.4, -0.2) is 44.1 Å². The molecule has 0 aromatic rings. The fourth-order valence-electron chi connectivity index (χ4n) is 3.23. The van der Waals surface area contributed by atoms with Crippen LogP contribution >= 0.6 is 0 Å². The number of Topliss-reactive ketones (excluding diaryl/α,β-unsaturated/α-hetero) is 3. The van der Waals surface area contributed by atoms with Gasteiger partial charge in [-0.25, -0.2) is 4.79 Å². The molecule has 0 fully saturated rings. The van der Waals surface area contributed by atoms with Gasteiger partial charge in [-0.15, -0.1) is 0 Å². The van der Waals surface area contributed by atoms with Gasteiger partial charge in [-0.2, -0.15) is 0 Å². The van der Waals surface area contributed by atoms with E-state index in [9.17, 15) is 19.2 Å². The van der Waals surface area contributed by atoms with Gasteiger partial charge in [0.25, 0.3) is 5.78 Å². The molecule has 162 valence electrons. The molecular formula is C22H32O7. The average Bonchev–Trinajstić information content (AvgIpc) is 2.65. The Balaban J connectivity index is 0.000000326. The number of esters is 1. The first-order valence-electron chi connectivity index (χ1n) is 9.69. The van der Waals surface area contributed by atoms with Gasteiger partial charge in [-0.3, -0.25) is 14.4 Å². The van der Waals surface area contributed by atoms with Gasteiger partial charge in [0, 0.05) is 6.42 Å². The Kier molecular flexibility index (Phi) is 8.36. The summed E-state index contributed by atoms with van der Waals surface area (Å²) in [4.78, 5) is 46.4. The molecule has 0 saturated heterocycles. The third-order valence-corrected chi connectivity index (χ3v) is 4.84. The number of carbonyl (C=O) groups excluding carboxylic acids is 4. The predicted molar refractivity (Wildman–Crippen MR) is 107 cm³/mol. The monoisotopic (exact) mass is 408 g/mol. The van der Waals surface area contributed by atoms with Crippen LogP contribution in [0.4, 0.5) is 0 Å². The molecule has 2 aliphatic rings. The van der Waals surface area contributed by atoms with Gasteiger partial charge in [0.2, 0.25) is 5.78 Å². The van der Waals surface area contributed by atoms with E-state index in [1.165, 1.54) is 7.11 Å². The molecule has 1 atom stereocenters. The van der Waals surface area contributed by atoms with E-state index in [1.54, 1.807) is 20.1 Å². The number of allylic oxidation sites excluding steroid dienone is 4. The quantitative estimate of drug-likeness (QED) is 0.392. The maximum atomic E-state index is 12.0. The van der Waals surface area contributed by atoms with Crippen LogP contribution in [0.5, 0.6) is 0 Å². The Bertz CT molecular complexity index is 725. The number of ketones is 3. The normalized spacial score (nSPS) is 22.4. The van der Waals surface area contributed by atoms with Gasteiger partial charge in [-0.05, 0) is 42.7 Å². The van der Waals surface area contributed by atoms with E-state index in [4.69, 9.17) is 9.47 Å². The third-order valence-electron chi connectivity index (χ3n) is 4.84. The number of hydrogen-bond donors (Lipinski definition) is 0. The molecule has 0 heterocycles. The second-order valence-corrected chi connectivity index (χ2v) is 8.53. The summed E-state index contributed by atoms with van der Waals surface area (Å²) in [6, 6.07) is 0. The zero-order valence-electron chi connectivity index (χ0n) is 18.4.